The maximum absolute atomic E-state index is 13.5. The molecule has 0 spiro atoms. The maximum Gasteiger partial charge on any atom is 0.305 e. The van der Waals surface area contributed by atoms with E-state index in [4.69, 9.17) is 23.7 Å². The summed E-state index contributed by atoms with van der Waals surface area (Å²) in [7, 11) is 0. The molecule has 0 aliphatic carbocycles. The average molecular weight is 583 g/mol. The van der Waals surface area contributed by atoms with Crippen molar-refractivity contribution in [2.24, 2.45) is 0 Å². The van der Waals surface area contributed by atoms with Crippen LogP contribution in [0.15, 0.2) is 54.6 Å². The molecule has 12 nitrogen and oxygen atoms in total. The lowest BCUT2D eigenvalue weighted by molar-refractivity contribution is -0.274. The summed E-state index contributed by atoms with van der Waals surface area (Å²) in [5.74, 6) is -2.50. The van der Waals surface area contributed by atoms with Gasteiger partial charge in [-0.2, -0.15) is 0 Å². The number of aromatic amines is 1. The Morgan fingerprint density at radius 3 is 2.24 bits per heavy atom. The highest BCUT2D eigenvalue weighted by Gasteiger charge is 2.51. The number of fused-ring (bicyclic) bond motifs is 1. The second-order valence-electron chi connectivity index (χ2n) is 9.86. The second-order valence-corrected chi connectivity index (χ2v) is 9.86. The highest BCUT2D eigenvalue weighted by molar-refractivity contribution is 5.98. The molecule has 3 unspecified atom stereocenters. The molecule has 2 aromatic carbocycles. The van der Waals surface area contributed by atoms with E-state index in [1.54, 1.807) is 6.07 Å². The number of esters is 3. The van der Waals surface area contributed by atoms with Crippen molar-refractivity contribution in [1.82, 2.24) is 10.3 Å². The lowest BCUT2D eigenvalue weighted by Gasteiger charge is -2.45. The largest absolute Gasteiger partial charge is 0.463 e. The van der Waals surface area contributed by atoms with Crippen LogP contribution in [0.3, 0.4) is 0 Å². The fraction of sp³-hybridized carbons (Fsp3) is 0.400. The van der Waals surface area contributed by atoms with Gasteiger partial charge < -0.3 is 39.1 Å². The molecule has 1 amide bonds. The number of H-pyrrole nitrogens is 1. The Kier molecular flexibility index (Phi) is 10.3. The number of amides is 1. The number of para-hydroxylation sites is 1. The van der Waals surface area contributed by atoms with Gasteiger partial charge in [0, 0.05) is 38.3 Å². The van der Waals surface area contributed by atoms with Crippen molar-refractivity contribution in [1.29, 1.82) is 0 Å². The predicted octanol–water partition coefficient (Wildman–Crippen LogP) is 2.17. The van der Waals surface area contributed by atoms with E-state index in [1.165, 1.54) is 20.8 Å². The minimum Gasteiger partial charge on any atom is -0.463 e. The van der Waals surface area contributed by atoms with Gasteiger partial charge in [0.25, 0.3) is 5.91 Å². The van der Waals surface area contributed by atoms with Crippen LogP contribution in [0.5, 0.6) is 0 Å². The van der Waals surface area contributed by atoms with Crippen molar-refractivity contribution in [3.8, 4) is 0 Å². The number of carbonyl (C=O) groups is 4. The lowest BCUT2D eigenvalue weighted by atomic mass is 9.95. The van der Waals surface area contributed by atoms with Gasteiger partial charge in [-0.05, 0) is 29.7 Å². The van der Waals surface area contributed by atoms with E-state index in [0.29, 0.717) is 6.42 Å². The second kappa shape index (κ2) is 14.1. The molecule has 42 heavy (non-hydrogen) atoms. The maximum atomic E-state index is 13.5. The molecule has 5 atom stereocenters. The van der Waals surface area contributed by atoms with E-state index in [2.05, 4.69) is 10.3 Å². The average Bonchev–Trinajstić information content (AvgIpc) is 3.38. The number of rotatable bonds is 11. The van der Waals surface area contributed by atoms with Gasteiger partial charge in [0.05, 0.1) is 6.61 Å². The van der Waals surface area contributed by atoms with Crippen molar-refractivity contribution in [3.05, 3.63) is 71.4 Å². The molecule has 0 radical (unpaired) electrons. The molecule has 4 rings (SSSR count). The fourth-order valence-corrected chi connectivity index (χ4v) is 4.74. The number of benzene rings is 2. The van der Waals surface area contributed by atoms with Gasteiger partial charge in [0.1, 0.15) is 30.6 Å². The summed E-state index contributed by atoms with van der Waals surface area (Å²) in [4.78, 5) is 52.4. The predicted molar refractivity (Wildman–Crippen MR) is 148 cm³/mol. The van der Waals surface area contributed by atoms with E-state index >= 15 is 0 Å². The molecule has 1 fully saturated rings. The zero-order valence-electron chi connectivity index (χ0n) is 23.5. The Balaban J connectivity index is 1.67. The Morgan fingerprint density at radius 2 is 1.60 bits per heavy atom. The third kappa shape index (κ3) is 7.93. The van der Waals surface area contributed by atoms with Crippen molar-refractivity contribution in [2.75, 3.05) is 13.2 Å². The Labute approximate surface area is 242 Å². The number of carbonyl (C=O) groups excluding carboxylic acids is 4. The summed E-state index contributed by atoms with van der Waals surface area (Å²) in [6.45, 7) is 3.31. The highest BCUT2D eigenvalue weighted by Crippen LogP contribution is 2.29. The van der Waals surface area contributed by atoms with E-state index in [-0.39, 0.29) is 25.5 Å². The minimum atomic E-state index is -1.37. The van der Waals surface area contributed by atoms with Gasteiger partial charge in [0.15, 0.2) is 6.10 Å². The van der Waals surface area contributed by atoms with Gasteiger partial charge in [-0.1, -0.05) is 42.5 Å². The SMILES string of the molecule is CC(=O)OCC1OC(OC(C)=O)C(NC(=O)c2cc3ccccc3[nH]2)[C@@H](OCc2ccc(CCO)cc2)[C@H]1OC(C)=O. The smallest absolute Gasteiger partial charge is 0.305 e. The normalized spacial score (nSPS) is 21.9. The summed E-state index contributed by atoms with van der Waals surface area (Å²) >= 11 is 0. The standard InChI is InChI=1S/C30H34N2O10/c1-17(34)38-16-25-27(40-18(2)35)28(39-15-21-10-8-20(9-11-21)12-13-33)26(30(42-25)41-19(3)36)32-29(37)24-14-22-6-4-5-7-23(22)31-24/h4-11,14,25-28,30-31,33H,12-13,15-16H2,1-3H3,(H,32,37)/t25?,26?,27-,28+,30?/m0/s1. The molecular formula is C30H34N2O10. The summed E-state index contributed by atoms with van der Waals surface area (Å²) in [5, 5.41) is 12.8. The topological polar surface area (TPSA) is 162 Å². The van der Waals surface area contributed by atoms with Crippen molar-refractivity contribution in [3.63, 3.8) is 0 Å². The molecule has 1 aliphatic rings. The molecule has 3 N–H and O–H groups in total. The molecule has 224 valence electrons. The van der Waals surface area contributed by atoms with Gasteiger partial charge >= 0.3 is 17.9 Å². The summed E-state index contributed by atoms with van der Waals surface area (Å²) in [6, 6.07) is 15.2. The van der Waals surface area contributed by atoms with Crippen LogP contribution in [0, 0.1) is 0 Å². The fourth-order valence-electron chi connectivity index (χ4n) is 4.74. The molecule has 2 heterocycles. The number of aliphatic hydroxyl groups excluding tert-OH is 1. The van der Waals surface area contributed by atoms with Gasteiger partial charge in [-0.3, -0.25) is 19.2 Å². The summed E-state index contributed by atoms with van der Waals surface area (Å²) < 4.78 is 28.4. The Hall–Kier alpha value is -4.26. The third-order valence-corrected chi connectivity index (χ3v) is 6.62. The molecule has 0 bridgehead atoms. The summed E-state index contributed by atoms with van der Waals surface area (Å²) in [6.07, 6.45) is -4.21. The van der Waals surface area contributed by atoms with E-state index < -0.39 is 54.5 Å². The first-order valence-electron chi connectivity index (χ1n) is 13.5. The summed E-state index contributed by atoms with van der Waals surface area (Å²) in [5.41, 5.74) is 2.67. The molecule has 3 aromatic rings. The van der Waals surface area contributed by atoms with Crippen LogP contribution in [0.1, 0.15) is 42.4 Å². The lowest BCUT2D eigenvalue weighted by Crippen LogP contribution is -2.66. The quantitative estimate of drug-likeness (QED) is 0.226. The van der Waals surface area contributed by atoms with Gasteiger partial charge in [0.2, 0.25) is 6.29 Å². The van der Waals surface area contributed by atoms with Crippen LogP contribution in [-0.4, -0.2) is 77.8 Å². The van der Waals surface area contributed by atoms with Crippen LogP contribution >= 0.6 is 0 Å². The Morgan fingerprint density at radius 1 is 0.905 bits per heavy atom. The molecule has 1 saturated heterocycles. The number of hydrogen-bond acceptors (Lipinski definition) is 10. The Bertz CT molecular complexity index is 1370. The van der Waals surface area contributed by atoms with Gasteiger partial charge in [-0.15, -0.1) is 0 Å². The molecular weight excluding hydrogens is 548 g/mol. The molecule has 12 heteroatoms. The minimum absolute atomic E-state index is 0.0149. The van der Waals surface area contributed by atoms with Crippen LogP contribution in [0.2, 0.25) is 0 Å². The highest BCUT2D eigenvalue weighted by atomic mass is 16.7. The zero-order valence-corrected chi connectivity index (χ0v) is 23.5. The van der Waals surface area contributed by atoms with Gasteiger partial charge in [-0.25, -0.2) is 0 Å². The number of nitrogens with one attached hydrogen (secondary N) is 2. The van der Waals surface area contributed by atoms with Crippen molar-refractivity contribution in [2.45, 2.75) is 64.4 Å². The zero-order chi connectivity index (χ0) is 30.2. The van der Waals surface area contributed by atoms with Crippen LogP contribution in [-0.2, 0) is 51.1 Å². The number of aliphatic hydroxyl groups is 1. The third-order valence-electron chi connectivity index (χ3n) is 6.62. The molecule has 1 aliphatic heterocycles. The van der Waals surface area contributed by atoms with Crippen LogP contribution in [0.25, 0.3) is 10.9 Å². The number of aromatic nitrogens is 1. The molecule has 0 saturated carbocycles. The first-order chi connectivity index (χ1) is 20.1. The number of hydrogen-bond donors (Lipinski definition) is 3. The van der Waals surface area contributed by atoms with E-state index in [9.17, 15) is 24.3 Å². The van der Waals surface area contributed by atoms with Crippen molar-refractivity contribution < 1.29 is 48.0 Å². The van der Waals surface area contributed by atoms with E-state index in [1.807, 2.05) is 48.5 Å². The van der Waals surface area contributed by atoms with E-state index in [0.717, 1.165) is 22.0 Å². The van der Waals surface area contributed by atoms with Crippen LogP contribution in [0.4, 0.5) is 0 Å². The van der Waals surface area contributed by atoms with Crippen molar-refractivity contribution >= 4 is 34.7 Å². The first kappa shape index (κ1) is 30.7. The van der Waals surface area contributed by atoms with Crippen LogP contribution < -0.4 is 5.32 Å². The first-order valence-corrected chi connectivity index (χ1v) is 13.5. The molecule has 1 aromatic heterocycles. The monoisotopic (exact) mass is 582 g/mol. The number of ether oxygens (including phenoxy) is 5.